The van der Waals surface area contributed by atoms with Crippen molar-refractivity contribution in [3.05, 3.63) is 108 Å². The summed E-state index contributed by atoms with van der Waals surface area (Å²) in [4.78, 5) is 66.6. The predicted molar refractivity (Wildman–Crippen MR) is 406 cm³/mol. The fourth-order valence-electron chi connectivity index (χ4n) is 10.9. The number of alkyl carbamates (subject to hydrolysis) is 3. The van der Waals surface area contributed by atoms with Crippen molar-refractivity contribution in [3.8, 4) is 0 Å². The number of likely N-dealkylation sites (tertiary alicyclic amines) is 4. The predicted octanol–water partition coefficient (Wildman–Crippen LogP) is 6.49. The molecule has 0 aromatic heterocycles. The molecule has 3 aromatic carbocycles. The number of nitrogens with zero attached hydrogens (tertiary/aromatic N) is 4. The first-order valence-electron chi connectivity index (χ1n) is 34.5. The van der Waals surface area contributed by atoms with Crippen molar-refractivity contribution in [2.75, 3.05) is 78.5 Å². The van der Waals surface area contributed by atoms with Crippen LogP contribution in [-0.2, 0) is 43.5 Å². The van der Waals surface area contributed by atoms with E-state index in [9.17, 15) is 49.5 Å². The topological polar surface area (TPSA) is 350 Å². The Morgan fingerprint density at radius 2 is 0.794 bits per heavy atom. The molecule has 3 aromatic rings. The van der Waals surface area contributed by atoms with E-state index in [1.165, 1.54) is 29.1 Å². The van der Waals surface area contributed by atoms with Crippen molar-refractivity contribution in [2.45, 2.75) is 256 Å². The van der Waals surface area contributed by atoms with E-state index in [1.54, 1.807) is 20.8 Å². The number of hydrogen-bond acceptors (Lipinski definition) is 19. The highest BCUT2D eigenvalue weighted by Gasteiger charge is 2.35. The Hall–Kier alpha value is -6.10. The van der Waals surface area contributed by atoms with Gasteiger partial charge in [0.2, 0.25) is 0 Å². The van der Waals surface area contributed by atoms with Gasteiger partial charge in [0, 0.05) is 54.1 Å². The first-order valence-corrected chi connectivity index (χ1v) is 34.5. The van der Waals surface area contributed by atoms with Gasteiger partial charge < -0.3 is 114 Å². The maximum absolute atomic E-state index is 12.0. The summed E-state index contributed by atoms with van der Waals surface area (Å²) >= 11 is 0. The van der Waals surface area contributed by atoms with Crippen LogP contribution in [0.4, 0.5) is 24.0 Å². The van der Waals surface area contributed by atoms with Gasteiger partial charge in [0.05, 0.1) is 62.2 Å². The molecule has 594 valence electrons. The lowest BCUT2D eigenvalue weighted by molar-refractivity contribution is -0.670. The maximum Gasteiger partial charge on any atom is 0.410 e. The Morgan fingerprint density at radius 1 is 0.480 bits per heavy atom. The van der Waals surface area contributed by atoms with E-state index in [2.05, 4.69) is 53.4 Å². The van der Waals surface area contributed by atoms with Crippen molar-refractivity contribution >= 4 is 30.5 Å². The average Bonchev–Trinajstić information content (AvgIpc) is 0.877. The lowest BCUT2D eigenvalue weighted by Crippen LogP contribution is -3.00. The van der Waals surface area contributed by atoms with Gasteiger partial charge in [-0.1, -0.05) is 156 Å². The number of carbonyl (C=O) groups excluding carboxylic acids is 5. The SMILES string of the molecule is C.C.C.C.C.CC(C)(C)OC(=O)N1CCC(N)C(O)C1.CC(C)(C)OC(=O)N1CCC(NC(=O)OCc2ccccc2)C(O)C1.CC(C)CCCN1CCC(N)C(O)C1.CC(C)CCCN1CCC(NC(=O)OCc2ccccc2)C(O)C1.O=C(NC1CC[NH2+]CC1O)OCc1ccccc1.[Cl-].[HH].[HH]. The molecule has 5 heterocycles. The standard InChI is InChI=1S/C19H30N2O3.C18H26N2O5.C13H18N2O3.C11H24N2O.C10H20N2O3.5CH4.ClH.2H2/c1-15(2)7-6-11-21-12-10-17(18(22)13-21)20-19(23)24-14-16-8-4-3-5-9-16;1-18(2,3)25-17(23)20-10-9-14(15(21)11-20)19-16(22)24-12-13-7-5-4-6-8-13;16-12-8-14-7-6-11(12)15-13(17)18-9-10-4-2-1-3-5-10;1-9(2)4-3-6-13-7-5-10(12)11(14)8-13;1-10(2,3)15-9(14)12-5-4-7(11)8(13)6-12;;;;;;;;/h3-5,8-9,15,17-18,22H,6-7,10-14H2,1-2H3,(H,20,23);4-8,14-15,21H,9-12H2,1-3H3,(H,19,22);1-5,11-12,14,16H,6-9H2,(H,15,17);9-11,14H,3-8,12H2,1-2H3;7-8,13H,4-6,11H2,1-3H3;5*1H4;3*1H. The first kappa shape index (κ1) is 100. The summed E-state index contributed by atoms with van der Waals surface area (Å²) in [5.74, 6) is 1.50. The van der Waals surface area contributed by atoms with Crippen LogP contribution < -0.4 is 45.1 Å². The first-order chi connectivity index (χ1) is 45.4. The molecular weight excluding hydrogens is 1330 g/mol. The summed E-state index contributed by atoms with van der Waals surface area (Å²) in [6.45, 7) is 28.8. The summed E-state index contributed by atoms with van der Waals surface area (Å²) in [5, 5.41) is 59.5. The minimum Gasteiger partial charge on any atom is -1.00 e. The number of benzene rings is 3. The third kappa shape index (κ3) is 42.6. The van der Waals surface area contributed by atoms with Gasteiger partial charge in [-0.05, 0) is 141 Å². The van der Waals surface area contributed by atoms with Crippen LogP contribution in [0.5, 0.6) is 0 Å². The van der Waals surface area contributed by atoms with Crippen molar-refractivity contribution in [2.24, 2.45) is 23.3 Å². The number of piperidine rings is 5. The van der Waals surface area contributed by atoms with Gasteiger partial charge in [0.1, 0.15) is 43.7 Å². The summed E-state index contributed by atoms with van der Waals surface area (Å²) in [6.07, 6.45) is 3.14. The van der Waals surface area contributed by atoms with Crippen LogP contribution in [0, 0.1) is 11.8 Å². The third-order valence-electron chi connectivity index (χ3n) is 16.5. The van der Waals surface area contributed by atoms with Gasteiger partial charge in [-0.3, -0.25) is 0 Å². The number of halogens is 1. The number of β-amino-alcohol motifs (C(OH)–C–C–N with tert-alkyl or cyclic N) is 4. The molecule has 5 amide bonds. The molecule has 5 saturated heterocycles. The summed E-state index contributed by atoms with van der Waals surface area (Å²) in [5.41, 5.74) is 13.1. The van der Waals surface area contributed by atoms with Crippen LogP contribution in [0.2, 0.25) is 0 Å². The van der Waals surface area contributed by atoms with Gasteiger partial charge in [-0.15, -0.1) is 0 Å². The zero-order valence-electron chi connectivity index (χ0n) is 59.3. The number of aliphatic hydroxyl groups excluding tert-OH is 5. The van der Waals surface area contributed by atoms with Crippen LogP contribution in [0.1, 0.15) is 184 Å². The number of aliphatic hydroxyl groups is 5. The largest absolute Gasteiger partial charge is 1.00 e. The van der Waals surface area contributed by atoms with E-state index >= 15 is 0 Å². The number of carbonyl (C=O) groups is 5. The molecule has 0 radical (unpaired) electrons. The molecule has 10 atom stereocenters. The normalized spacial score (nSPS) is 22.5. The van der Waals surface area contributed by atoms with Crippen LogP contribution >= 0.6 is 0 Å². The van der Waals surface area contributed by atoms with E-state index < -0.39 is 66.0 Å². The lowest BCUT2D eigenvalue weighted by atomic mass is 10.0. The second-order valence-electron chi connectivity index (χ2n) is 28.4. The summed E-state index contributed by atoms with van der Waals surface area (Å²) in [6, 6.07) is 27.3. The van der Waals surface area contributed by atoms with Crippen molar-refractivity contribution in [3.63, 3.8) is 0 Å². The molecule has 5 aliphatic rings. The Labute approximate surface area is 622 Å². The smallest absolute Gasteiger partial charge is 0.410 e. The number of rotatable bonds is 17. The molecule has 5 aliphatic heterocycles. The number of quaternary nitrogens is 1. The van der Waals surface area contributed by atoms with Crippen LogP contribution in [0.25, 0.3) is 0 Å². The molecule has 8 rings (SSSR count). The monoisotopic (exact) mass is 1470 g/mol. The Balaban J connectivity index is -0.000000392. The van der Waals surface area contributed by atoms with E-state index in [4.69, 9.17) is 35.2 Å². The van der Waals surface area contributed by atoms with Gasteiger partial charge in [0.25, 0.3) is 0 Å². The average molecular weight is 1470 g/mol. The zero-order chi connectivity index (χ0) is 70.8. The fraction of sp³-hybridized carbons (Fsp3) is 0.697. The fourth-order valence-corrected chi connectivity index (χ4v) is 10.9. The van der Waals surface area contributed by atoms with E-state index in [1.807, 2.05) is 117 Å². The quantitative estimate of drug-likeness (QED) is 0.0644. The molecule has 0 saturated carbocycles. The highest BCUT2D eigenvalue weighted by Crippen LogP contribution is 2.20. The Morgan fingerprint density at radius 3 is 1.13 bits per heavy atom. The minimum absolute atomic E-state index is 0. The van der Waals surface area contributed by atoms with Gasteiger partial charge in [-0.25, -0.2) is 24.0 Å². The maximum atomic E-state index is 12.0. The van der Waals surface area contributed by atoms with Crippen LogP contribution in [-0.4, -0.2) is 226 Å². The van der Waals surface area contributed by atoms with Crippen LogP contribution in [0.15, 0.2) is 91.0 Å². The molecule has 14 N–H and O–H groups in total. The second-order valence-corrected chi connectivity index (χ2v) is 28.4. The number of amides is 5. The highest BCUT2D eigenvalue weighted by molar-refractivity contribution is 5.70. The second kappa shape index (κ2) is 52.8. The van der Waals surface area contributed by atoms with Crippen molar-refractivity contribution < 1.29 is 93.8 Å². The molecular formula is C76H143ClN10O15. The molecule has 102 heavy (non-hydrogen) atoms. The Kier molecular flexibility index (Phi) is 51.8. The molecule has 26 heteroatoms. The molecule has 0 spiro atoms. The number of ether oxygens (including phenoxy) is 5. The summed E-state index contributed by atoms with van der Waals surface area (Å²) < 4.78 is 26.0. The molecule has 0 aliphatic carbocycles. The van der Waals surface area contributed by atoms with Crippen molar-refractivity contribution in [1.82, 2.24) is 35.6 Å². The van der Waals surface area contributed by atoms with Gasteiger partial charge in [0.15, 0.2) is 0 Å². The summed E-state index contributed by atoms with van der Waals surface area (Å²) in [7, 11) is 0. The van der Waals surface area contributed by atoms with Gasteiger partial charge >= 0.3 is 30.5 Å². The van der Waals surface area contributed by atoms with E-state index in [0.29, 0.717) is 44.9 Å². The highest BCUT2D eigenvalue weighted by atomic mass is 35.5. The number of nitrogens with one attached hydrogen (secondary N) is 3. The van der Waals surface area contributed by atoms with Crippen molar-refractivity contribution in [1.29, 1.82) is 0 Å². The minimum atomic E-state index is -0.870. The molecule has 0 bridgehead atoms. The lowest BCUT2D eigenvalue weighted by Gasteiger charge is -2.36. The third-order valence-corrected chi connectivity index (χ3v) is 16.5. The van der Waals surface area contributed by atoms with Gasteiger partial charge in [-0.2, -0.15) is 0 Å². The number of nitrogens with two attached hydrogens (primary N) is 3. The molecule has 25 nitrogen and oxygen atoms in total. The van der Waals surface area contributed by atoms with E-state index in [-0.39, 0.29) is 122 Å². The Bertz CT molecular complexity index is 2680. The zero-order valence-corrected chi connectivity index (χ0v) is 60.0. The molecule has 10 unspecified atom stereocenters. The van der Waals surface area contributed by atoms with Crippen LogP contribution in [0.3, 0.4) is 0 Å². The molecule has 5 fully saturated rings. The number of hydrogen-bond donors (Lipinski definition) is 11. The van der Waals surface area contributed by atoms with E-state index in [0.717, 1.165) is 87.6 Å².